The summed E-state index contributed by atoms with van der Waals surface area (Å²) in [7, 11) is 0. The monoisotopic (exact) mass is 677 g/mol. The lowest BCUT2D eigenvalue weighted by atomic mass is 9.78. The maximum atomic E-state index is 3.85. The second-order valence-corrected chi connectivity index (χ2v) is 15.3. The molecule has 0 unspecified atom stereocenters. The molecule has 1 fully saturated rings. The summed E-state index contributed by atoms with van der Waals surface area (Å²) < 4.78 is -1.59. The van der Waals surface area contributed by atoms with Crippen LogP contribution < -0.4 is 0 Å². The first-order valence-electron chi connectivity index (χ1n) is 4.48. The molecule has 0 radical (unpaired) electrons. The Hall–Kier alpha value is 2.58. The van der Waals surface area contributed by atoms with Crippen molar-refractivity contribution >= 4 is 112 Å². The summed E-state index contributed by atoms with van der Waals surface area (Å²) in [6.45, 7) is 0. The van der Waals surface area contributed by atoms with Gasteiger partial charge in [0, 0.05) is 0 Å². The number of alkyl halides is 7. The van der Waals surface area contributed by atoms with Crippen LogP contribution in [0.15, 0.2) is 30.3 Å². The zero-order valence-electron chi connectivity index (χ0n) is 8.03. The minimum Gasteiger partial charge on any atom is -0.0749 e. The van der Waals surface area contributed by atoms with E-state index in [4.69, 9.17) is 0 Å². The van der Waals surface area contributed by atoms with Gasteiger partial charge in [0.2, 0.25) is 0 Å². The maximum Gasteiger partial charge on any atom is 0.134 e. The van der Waals surface area contributed by atoms with Gasteiger partial charge in [0.15, 0.2) is 0 Å². The summed E-state index contributed by atoms with van der Waals surface area (Å²) in [5, 5.41) is 0. The molecule has 0 aliphatic heterocycles. The molecule has 0 amide bonds. The van der Waals surface area contributed by atoms with Crippen molar-refractivity contribution in [2.24, 2.45) is 0 Å². The van der Waals surface area contributed by atoms with E-state index in [-0.39, 0.29) is 4.32 Å². The Morgan fingerprint density at radius 1 is 0.588 bits per heavy atom. The van der Waals surface area contributed by atoms with E-state index < -0.39 is 9.70 Å². The molecule has 1 saturated carbocycles. The SMILES string of the molecule is BrC1(Br)C(Br)(Br)C(Br)(c2ccccc2)C1(Br)Br. The van der Waals surface area contributed by atoms with Crippen molar-refractivity contribution in [1.29, 1.82) is 0 Å². The van der Waals surface area contributed by atoms with Gasteiger partial charge in [-0.25, -0.2) is 0 Å². The van der Waals surface area contributed by atoms with E-state index in [1.807, 2.05) is 18.2 Å². The molecule has 0 bridgehead atoms. The Labute approximate surface area is 159 Å². The molecule has 0 spiro atoms. The van der Waals surface area contributed by atoms with Crippen LogP contribution in [-0.4, -0.2) is 9.70 Å². The zero-order valence-corrected chi connectivity index (χ0v) is 19.1. The summed E-state index contributed by atoms with van der Waals surface area (Å²) in [5.41, 5.74) is 1.15. The van der Waals surface area contributed by atoms with Crippen LogP contribution in [-0.2, 0) is 4.32 Å². The average Bonchev–Trinajstić information content (AvgIpc) is 2.27. The van der Waals surface area contributed by atoms with Crippen LogP contribution in [0.25, 0.3) is 0 Å². The normalized spacial score (nSPS) is 27.2. The summed E-state index contributed by atoms with van der Waals surface area (Å²) in [6, 6.07) is 10.2. The van der Waals surface area contributed by atoms with Crippen LogP contribution in [0.2, 0.25) is 0 Å². The molecule has 0 aromatic heterocycles. The van der Waals surface area contributed by atoms with Crippen molar-refractivity contribution in [3.05, 3.63) is 35.9 Å². The third-order valence-electron chi connectivity index (χ3n) is 2.83. The lowest BCUT2D eigenvalue weighted by molar-refractivity contribution is 0.380. The molecule has 1 aromatic rings. The van der Waals surface area contributed by atoms with Crippen LogP contribution in [0.4, 0.5) is 0 Å². The van der Waals surface area contributed by atoms with Gasteiger partial charge in [0.05, 0.1) is 0 Å². The fraction of sp³-hybridized carbons (Fsp3) is 0.400. The van der Waals surface area contributed by atoms with Gasteiger partial charge in [-0.1, -0.05) is 142 Å². The standard InChI is InChI=1S/C10H5Br7/c11-7(6-4-2-1-3-5-6)8(12,13)10(16,17)9(7,14)15/h1-5H. The number of hydrogen-bond donors (Lipinski definition) is 0. The van der Waals surface area contributed by atoms with Crippen molar-refractivity contribution in [2.45, 2.75) is 14.0 Å². The average molecular weight is 684 g/mol. The molecule has 1 aromatic carbocycles. The molecule has 0 N–H and O–H groups in total. The molecule has 0 atom stereocenters. The van der Waals surface area contributed by atoms with Gasteiger partial charge in [-0.15, -0.1) is 0 Å². The first kappa shape index (κ1) is 16.0. The van der Waals surface area contributed by atoms with Crippen LogP contribution in [0.1, 0.15) is 5.56 Å². The summed E-state index contributed by atoms with van der Waals surface area (Å²) in [4.78, 5) is 0. The third kappa shape index (κ3) is 1.85. The predicted molar refractivity (Wildman–Crippen MR) is 98.8 cm³/mol. The molecule has 1 aliphatic carbocycles. The fourth-order valence-electron chi connectivity index (χ4n) is 1.79. The molecular weight excluding hydrogens is 679 g/mol. The van der Waals surface area contributed by atoms with Crippen LogP contribution in [0.3, 0.4) is 0 Å². The molecule has 7 heteroatoms. The van der Waals surface area contributed by atoms with Gasteiger partial charge in [-0.05, 0) is 5.56 Å². The highest BCUT2D eigenvalue weighted by Gasteiger charge is 2.84. The van der Waals surface area contributed by atoms with Crippen molar-refractivity contribution in [3.8, 4) is 0 Å². The first-order chi connectivity index (χ1) is 7.61. The van der Waals surface area contributed by atoms with Crippen molar-refractivity contribution in [2.75, 3.05) is 0 Å². The minimum absolute atomic E-state index is 0.374. The van der Waals surface area contributed by atoms with Crippen molar-refractivity contribution < 1.29 is 0 Å². The largest absolute Gasteiger partial charge is 0.134 e. The molecule has 94 valence electrons. The molecule has 1 aliphatic rings. The van der Waals surface area contributed by atoms with Crippen LogP contribution in [0.5, 0.6) is 0 Å². The maximum absolute atomic E-state index is 3.85. The fourth-order valence-corrected chi connectivity index (χ4v) is 10.3. The van der Waals surface area contributed by atoms with E-state index in [1.165, 1.54) is 0 Å². The third-order valence-corrected chi connectivity index (χ3v) is 18.0. The van der Waals surface area contributed by atoms with E-state index in [9.17, 15) is 0 Å². The van der Waals surface area contributed by atoms with Gasteiger partial charge in [-0.3, -0.25) is 0 Å². The second-order valence-electron chi connectivity index (χ2n) is 3.75. The van der Waals surface area contributed by atoms with Gasteiger partial charge in [0.25, 0.3) is 0 Å². The van der Waals surface area contributed by atoms with Crippen molar-refractivity contribution in [3.63, 3.8) is 0 Å². The highest BCUT2D eigenvalue weighted by molar-refractivity contribution is 9.34. The second kappa shape index (κ2) is 4.80. The molecule has 0 saturated heterocycles. The summed E-state index contributed by atoms with van der Waals surface area (Å²) in [5.74, 6) is 0. The zero-order chi connectivity index (χ0) is 13.1. The smallest absolute Gasteiger partial charge is 0.0749 e. The van der Waals surface area contributed by atoms with Gasteiger partial charge in [0.1, 0.15) is 14.0 Å². The molecule has 0 nitrogen and oxygen atoms in total. The lowest BCUT2D eigenvalue weighted by Crippen LogP contribution is -2.76. The Morgan fingerprint density at radius 3 is 1.41 bits per heavy atom. The Kier molecular flexibility index (Phi) is 4.51. The quantitative estimate of drug-likeness (QED) is 0.288. The first-order valence-corrected chi connectivity index (χ1v) is 10.0. The molecule has 17 heavy (non-hydrogen) atoms. The number of halogens is 7. The van der Waals surface area contributed by atoms with Crippen LogP contribution >= 0.6 is 112 Å². The van der Waals surface area contributed by atoms with Crippen LogP contribution in [0, 0.1) is 0 Å². The molecule has 0 heterocycles. The predicted octanol–water partition coefficient (Wildman–Crippen LogP) is 6.75. The lowest BCUT2D eigenvalue weighted by Gasteiger charge is -2.67. The van der Waals surface area contributed by atoms with E-state index in [2.05, 4.69) is 124 Å². The van der Waals surface area contributed by atoms with E-state index >= 15 is 0 Å². The highest BCUT2D eigenvalue weighted by Crippen LogP contribution is 2.83. The van der Waals surface area contributed by atoms with Gasteiger partial charge < -0.3 is 0 Å². The molecule has 2 rings (SSSR count). The number of benzene rings is 1. The van der Waals surface area contributed by atoms with E-state index in [0.717, 1.165) is 5.56 Å². The van der Waals surface area contributed by atoms with Gasteiger partial charge in [-0.2, -0.15) is 0 Å². The van der Waals surface area contributed by atoms with Crippen molar-refractivity contribution in [1.82, 2.24) is 0 Å². The summed E-state index contributed by atoms with van der Waals surface area (Å²) >= 11 is 26.2. The van der Waals surface area contributed by atoms with Gasteiger partial charge >= 0.3 is 0 Å². The Balaban J connectivity index is 2.60. The Morgan fingerprint density at radius 2 is 1.00 bits per heavy atom. The number of rotatable bonds is 1. The summed E-state index contributed by atoms with van der Waals surface area (Å²) in [6.07, 6.45) is 0. The number of hydrogen-bond acceptors (Lipinski definition) is 0. The van der Waals surface area contributed by atoms with E-state index in [0.29, 0.717) is 0 Å². The highest BCUT2D eigenvalue weighted by atomic mass is 79.9. The topological polar surface area (TPSA) is 0 Å². The Bertz CT molecular complexity index is 419. The minimum atomic E-state index is -0.408. The molecular formula is C10H5Br7. The van der Waals surface area contributed by atoms with E-state index in [1.54, 1.807) is 0 Å².